The monoisotopic (exact) mass is 251 g/mol. The number of aryl methyl sites for hydroxylation is 1. The van der Waals surface area contributed by atoms with Crippen molar-refractivity contribution in [3.8, 4) is 0 Å². The van der Waals surface area contributed by atoms with E-state index in [4.69, 9.17) is 5.73 Å². The molecule has 1 rings (SSSR count). The van der Waals surface area contributed by atoms with Crippen molar-refractivity contribution >= 4 is 5.95 Å². The Balaban J connectivity index is 2.81. The van der Waals surface area contributed by atoms with E-state index in [1.165, 1.54) is 0 Å². The van der Waals surface area contributed by atoms with Gasteiger partial charge in [-0.3, -0.25) is 0 Å². The second-order valence-corrected chi connectivity index (χ2v) is 4.78. The van der Waals surface area contributed by atoms with E-state index in [0.29, 0.717) is 6.54 Å². The minimum absolute atomic E-state index is 0.498. The van der Waals surface area contributed by atoms with Crippen molar-refractivity contribution in [3.05, 3.63) is 17.5 Å². The lowest BCUT2D eigenvalue weighted by Crippen LogP contribution is -2.33. The van der Waals surface area contributed by atoms with Crippen LogP contribution >= 0.6 is 0 Å². The number of likely N-dealkylation sites (N-methyl/N-ethyl adjacent to an activating group) is 1. The van der Waals surface area contributed by atoms with Crippen molar-refractivity contribution in [2.45, 2.75) is 26.8 Å². The van der Waals surface area contributed by atoms with Crippen LogP contribution in [0.3, 0.4) is 0 Å². The van der Waals surface area contributed by atoms with Gasteiger partial charge in [-0.2, -0.15) is 0 Å². The summed E-state index contributed by atoms with van der Waals surface area (Å²) in [6.45, 7) is 7.59. The number of aromatic nitrogens is 2. The first-order chi connectivity index (χ1) is 8.58. The molecule has 0 atom stereocenters. The molecule has 0 amide bonds. The fourth-order valence-electron chi connectivity index (χ4n) is 1.73. The van der Waals surface area contributed by atoms with Crippen molar-refractivity contribution in [1.82, 2.24) is 14.9 Å². The molecular weight excluding hydrogens is 226 g/mol. The van der Waals surface area contributed by atoms with Crippen molar-refractivity contribution in [3.63, 3.8) is 0 Å². The van der Waals surface area contributed by atoms with Crippen LogP contribution in [0.15, 0.2) is 6.20 Å². The Morgan fingerprint density at radius 3 is 2.44 bits per heavy atom. The third-order valence-electron chi connectivity index (χ3n) is 2.88. The fraction of sp³-hybridized carbons (Fsp3) is 0.692. The molecule has 18 heavy (non-hydrogen) atoms. The summed E-state index contributed by atoms with van der Waals surface area (Å²) in [5, 5.41) is 0. The van der Waals surface area contributed by atoms with Crippen LogP contribution in [0.5, 0.6) is 0 Å². The van der Waals surface area contributed by atoms with Gasteiger partial charge in [0.2, 0.25) is 5.95 Å². The van der Waals surface area contributed by atoms with Gasteiger partial charge in [-0.05, 0) is 27.4 Å². The molecule has 5 nitrogen and oxygen atoms in total. The van der Waals surface area contributed by atoms with Crippen LogP contribution in [0.1, 0.15) is 24.6 Å². The Hall–Kier alpha value is -1.20. The number of anilines is 1. The summed E-state index contributed by atoms with van der Waals surface area (Å²) in [6, 6.07) is 0. The van der Waals surface area contributed by atoms with E-state index >= 15 is 0 Å². The first-order valence-electron chi connectivity index (χ1n) is 6.50. The number of nitrogens with zero attached hydrogens (tertiary/aromatic N) is 4. The van der Waals surface area contributed by atoms with Crippen LogP contribution in [0.2, 0.25) is 0 Å². The highest BCUT2D eigenvalue weighted by atomic mass is 15.3. The van der Waals surface area contributed by atoms with Crippen LogP contribution in [-0.4, -0.2) is 48.6 Å². The maximum Gasteiger partial charge on any atom is 0.225 e. The highest BCUT2D eigenvalue weighted by molar-refractivity contribution is 5.32. The number of rotatable bonds is 7. The van der Waals surface area contributed by atoms with E-state index in [1.54, 1.807) is 0 Å². The quantitative estimate of drug-likeness (QED) is 0.784. The van der Waals surface area contributed by atoms with E-state index in [0.717, 1.165) is 43.3 Å². The zero-order valence-corrected chi connectivity index (χ0v) is 12.0. The summed E-state index contributed by atoms with van der Waals surface area (Å²) >= 11 is 0. The lowest BCUT2D eigenvalue weighted by Gasteiger charge is -2.24. The zero-order valence-electron chi connectivity index (χ0n) is 12.0. The van der Waals surface area contributed by atoms with Crippen molar-refractivity contribution in [1.29, 1.82) is 0 Å². The number of hydrogen-bond acceptors (Lipinski definition) is 5. The maximum atomic E-state index is 5.63. The van der Waals surface area contributed by atoms with Gasteiger partial charge in [-0.25, -0.2) is 9.97 Å². The van der Waals surface area contributed by atoms with Crippen molar-refractivity contribution in [2.24, 2.45) is 5.73 Å². The van der Waals surface area contributed by atoms with Crippen LogP contribution in [0.4, 0.5) is 5.95 Å². The summed E-state index contributed by atoms with van der Waals surface area (Å²) in [5.41, 5.74) is 7.63. The molecule has 0 spiro atoms. The lowest BCUT2D eigenvalue weighted by molar-refractivity contribution is 0.411. The van der Waals surface area contributed by atoms with Gasteiger partial charge in [0.05, 0.1) is 0 Å². The topological polar surface area (TPSA) is 58.3 Å². The molecule has 0 saturated carbocycles. The Morgan fingerprint density at radius 2 is 1.94 bits per heavy atom. The third kappa shape index (κ3) is 4.23. The molecule has 0 bridgehead atoms. The van der Waals surface area contributed by atoms with Crippen molar-refractivity contribution < 1.29 is 0 Å². The summed E-state index contributed by atoms with van der Waals surface area (Å²) in [7, 11) is 4.15. The molecule has 1 heterocycles. The van der Waals surface area contributed by atoms with Gasteiger partial charge in [0.25, 0.3) is 0 Å². The highest BCUT2D eigenvalue weighted by Gasteiger charge is 2.10. The first-order valence-corrected chi connectivity index (χ1v) is 6.50. The second-order valence-electron chi connectivity index (χ2n) is 4.78. The molecule has 5 heteroatoms. The summed E-state index contributed by atoms with van der Waals surface area (Å²) < 4.78 is 0. The SMILES string of the molecule is CCCN(CCN(C)C)c1ncc(CN)c(C)n1. The van der Waals surface area contributed by atoms with Gasteiger partial charge in [0.15, 0.2) is 0 Å². The standard InChI is InChI=1S/C13H25N5/c1-5-6-18(8-7-17(3)4)13-15-10-12(9-14)11(2)16-13/h10H,5-9,14H2,1-4H3. The molecule has 0 fully saturated rings. The molecule has 1 aromatic heterocycles. The van der Waals surface area contributed by atoms with Gasteiger partial charge in [-0.1, -0.05) is 6.92 Å². The molecular formula is C13H25N5. The molecule has 0 aromatic carbocycles. The van der Waals surface area contributed by atoms with Gasteiger partial charge < -0.3 is 15.5 Å². The van der Waals surface area contributed by atoms with Crippen LogP contribution in [0.25, 0.3) is 0 Å². The Morgan fingerprint density at radius 1 is 1.22 bits per heavy atom. The average molecular weight is 251 g/mol. The van der Waals surface area contributed by atoms with Gasteiger partial charge >= 0.3 is 0 Å². The molecule has 1 aromatic rings. The summed E-state index contributed by atoms with van der Waals surface area (Å²) in [6.07, 6.45) is 2.93. The van der Waals surface area contributed by atoms with Gasteiger partial charge in [0.1, 0.15) is 0 Å². The fourth-order valence-corrected chi connectivity index (χ4v) is 1.73. The molecule has 0 unspecified atom stereocenters. The van der Waals surface area contributed by atoms with Crippen LogP contribution < -0.4 is 10.6 Å². The molecule has 102 valence electrons. The maximum absolute atomic E-state index is 5.63. The predicted octanol–water partition coefficient (Wildman–Crippen LogP) is 1.02. The van der Waals surface area contributed by atoms with Crippen molar-refractivity contribution in [2.75, 3.05) is 38.6 Å². The molecule has 2 N–H and O–H groups in total. The minimum atomic E-state index is 0.498. The van der Waals surface area contributed by atoms with E-state index < -0.39 is 0 Å². The molecule has 0 aliphatic carbocycles. The van der Waals surface area contributed by atoms with E-state index in [9.17, 15) is 0 Å². The van der Waals surface area contributed by atoms with E-state index in [-0.39, 0.29) is 0 Å². The van der Waals surface area contributed by atoms with Gasteiger partial charge in [0, 0.05) is 43.6 Å². The second kappa shape index (κ2) is 7.28. The van der Waals surface area contributed by atoms with E-state index in [1.807, 2.05) is 13.1 Å². The molecule has 0 aliphatic rings. The third-order valence-corrected chi connectivity index (χ3v) is 2.88. The first kappa shape index (κ1) is 14.9. The van der Waals surface area contributed by atoms with E-state index in [2.05, 4.69) is 40.8 Å². The average Bonchev–Trinajstić information content (AvgIpc) is 2.34. The lowest BCUT2D eigenvalue weighted by atomic mass is 10.2. The smallest absolute Gasteiger partial charge is 0.225 e. The minimum Gasteiger partial charge on any atom is -0.340 e. The van der Waals surface area contributed by atoms with Gasteiger partial charge in [-0.15, -0.1) is 0 Å². The summed E-state index contributed by atoms with van der Waals surface area (Å²) in [4.78, 5) is 13.4. The molecule has 0 aliphatic heterocycles. The normalized spacial score (nSPS) is 11.0. The predicted molar refractivity (Wildman–Crippen MR) is 75.7 cm³/mol. The Bertz CT molecular complexity index is 364. The largest absolute Gasteiger partial charge is 0.340 e. The number of nitrogens with two attached hydrogens (primary N) is 1. The summed E-state index contributed by atoms with van der Waals surface area (Å²) in [5.74, 6) is 0.813. The zero-order chi connectivity index (χ0) is 13.5. The Kier molecular flexibility index (Phi) is 6.01. The number of hydrogen-bond donors (Lipinski definition) is 1. The molecule has 0 saturated heterocycles. The molecule has 0 radical (unpaired) electrons. The van der Waals surface area contributed by atoms with Crippen LogP contribution in [-0.2, 0) is 6.54 Å². The van der Waals surface area contributed by atoms with Crippen LogP contribution in [0, 0.1) is 6.92 Å². The highest BCUT2D eigenvalue weighted by Crippen LogP contribution is 2.11. The Labute approximate surface area is 110 Å².